The molecule has 4 nitrogen and oxygen atoms in total. The Kier molecular flexibility index (Phi) is 4.98. The van der Waals surface area contributed by atoms with Gasteiger partial charge >= 0.3 is 0 Å². The Morgan fingerprint density at radius 1 is 1.03 bits per heavy atom. The number of benzene rings is 2. The maximum Gasteiger partial charge on any atom is 0.256 e. The number of fused-ring (bicyclic) bond motifs is 1. The number of nitrogens with one attached hydrogen (secondary N) is 3. The summed E-state index contributed by atoms with van der Waals surface area (Å²) in [7, 11) is 0. The van der Waals surface area contributed by atoms with Crippen LogP contribution >= 0.6 is 0 Å². The summed E-state index contributed by atoms with van der Waals surface area (Å²) in [4.78, 5) is 16.4. The van der Waals surface area contributed by atoms with E-state index >= 15 is 0 Å². The lowest BCUT2D eigenvalue weighted by atomic mass is 9.87. The Bertz CT molecular complexity index is 1180. The minimum absolute atomic E-state index is 0.111. The molecule has 3 N–H and O–H groups in total. The molecule has 1 fully saturated rings. The van der Waals surface area contributed by atoms with Crippen molar-refractivity contribution in [3.63, 3.8) is 0 Å². The first-order valence-electron chi connectivity index (χ1n) is 10.8. The number of aromatic nitrogens is 1. The lowest BCUT2D eigenvalue weighted by molar-refractivity contribution is -0.110. The standard InChI is InChI=1S/C26H26FN3O/c1-15-23(29-16(2)24(15)18-10-12-28-13-11-18)14-21-25-20(17-6-8-19(27)9-7-17)4-3-5-22(25)30-26(21)31/h3-9,14,18,28-29H,10-13H2,1-2H3,(H,30,31)/b21-14-. The SMILES string of the molecule is Cc1[nH]c(/C=C2\C(=O)Nc3cccc(-c4ccc(F)cc4)c32)c(C)c1C1CCNCC1. The van der Waals surface area contributed by atoms with E-state index in [1.54, 1.807) is 12.1 Å². The van der Waals surface area contributed by atoms with Crippen LogP contribution in [0.15, 0.2) is 42.5 Å². The molecule has 5 heteroatoms. The molecule has 0 saturated carbocycles. The number of hydrogen-bond acceptors (Lipinski definition) is 2. The molecule has 2 aromatic carbocycles. The van der Waals surface area contributed by atoms with Crippen molar-refractivity contribution in [1.29, 1.82) is 0 Å². The quantitative estimate of drug-likeness (QED) is 0.502. The monoisotopic (exact) mass is 415 g/mol. The van der Waals surface area contributed by atoms with Crippen LogP contribution in [0.5, 0.6) is 0 Å². The molecule has 5 rings (SSSR count). The summed E-state index contributed by atoms with van der Waals surface area (Å²) in [5.74, 6) is 0.160. The fourth-order valence-electron chi connectivity index (χ4n) is 5.06. The number of carbonyl (C=O) groups excluding carboxylic acids is 1. The number of hydrogen-bond donors (Lipinski definition) is 3. The number of carbonyl (C=O) groups is 1. The van der Waals surface area contributed by atoms with Gasteiger partial charge in [-0.3, -0.25) is 4.79 Å². The van der Waals surface area contributed by atoms with Crippen molar-refractivity contribution < 1.29 is 9.18 Å². The normalized spacial score (nSPS) is 17.8. The van der Waals surface area contributed by atoms with E-state index in [4.69, 9.17) is 0 Å². The molecule has 0 radical (unpaired) electrons. The van der Waals surface area contributed by atoms with Gasteiger partial charge in [0, 0.05) is 22.6 Å². The third kappa shape index (κ3) is 3.49. The van der Waals surface area contributed by atoms with Gasteiger partial charge in [0.2, 0.25) is 0 Å². The van der Waals surface area contributed by atoms with E-state index in [1.807, 2.05) is 24.3 Å². The highest BCUT2D eigenvalue weighted by Gasteiger charge is 2.28. The van der Waals surface area contributed by atoms with Gasteiger partial charge in [-0.1, -0.05) is 24.3 Å². The molecule has 2 aliphatic rings. The molecule has 0 aliphatic carbocycles. The fourth-order valence-corrected chi connectivity index (χ4v) is 5.06. The number of aromatic amines is 1. The Hall–Kier alpha value is -3.18. The topological polar surface area (TPSA) is 56.9 Å². The van der Waals surface area contributed by atoms with Gasteiger partial charge in [0.15, 0.2) is 0 Å². The largest absolute Gasteiger partial charge is 0.359 e. The predicted molar refractivity (Wildman–Crippen MR) is 123 cm³/mol. The van der Waals surface area contributed by atoms with Gasteiger partial charge in [0.1, 0.15) is 5.82 Å². The summed E-state index contributed by atoms with van der Waals surface area (Å²) >= 11 is 0. The minimum atomic E-state index is -0.274. The van der Waals surface area contributed by atoms with Crippen molar-refractivity contribution in [3.8, 4) is 11.1 Å². The molecule has 3 aromatic rings. The van der Waals surface area contributed by atoms with Crippen LogP contribution in [0.4, 0.5) is 10.1 Å². The number of anilines is 1. The molecule has 1 saturated heterocycles. The number of amides is 1. The first-order chi connectivity index (χ1) is 15.0. The van der Waals surface area contributed by atoms with Crippen molar-refractivity contribution in [2.24, 2.45) is 0 Å². The van der Waals surface area contributed by atoms with E-state index in [9.17, 15) is 9.18 Å². The number of piperidine rings is 1. The lowest BCUT2D eigenvalue weighted by Gasteiger charge is -2.23. The first kappa shape index (κ1) is 19.8. The van der Waals surface area contributed by atoms with E-state index in [2.05, 4.69) is 29.5 Å². The minimum Gasteiger partial charge on any atom is -0.359 e. The number of rotatable bonds is 3. The highest BCUT2D eigenvalue weighted by Crippen LogP contribution is 2.41. The summed E-state index contributed by atoms with van der Waals surface area (Å²) in [5, 5.41) is 6.42. The third-order valence-electron chi connectivity index (χ3n) is 6.55. The Morgan fingerprint density at radius 3 is 2.52 bits per heavy atom. The Labute approximate surface area is 181 Å². The van der Waals surface area contributed by atoms with Crippen LogP contribution in [-0.4, -0.2) is 24.0 Å². The predicted octanol–water partition coefficient (Wildman–Crippen LogP) is 5.40. The molecule has 0 unspecified atom stereocenters. The highest BCUT2D eigenvalue weighted by atomic mass is 19.1. The second kappa shape index (κ2) is 7.82. The molecular formula is C26H26FN3O. The second-order valence-corrected chi connectivity index (χ2v) is 8.47. The molecule has 31 heavy (non-hydrogen) atoms. The van der Waals surface area contributed by atoms with Gasteiger partial charge in [-0.2, -0.15) is 0 Å². The molecule has 1 amide bonds. The highest BCUT2D eigenvalue weighted by molar-refractivity contribution is 6.36. The molecule has 0 bridgehead atoms. The van der Waals surface area contributed by atoms with Crippen LogP contribution < -0.4 is 10.6 Å². The number of H-pyrrole nitrogens is 1. The molecule has 2 aliphatic heterocycles. The van der Waals surface area contributed by atoms with E-state index in [0.717, 1.165) is 54.0 Å². The van der Waals surface area contributed by atoms with Crippen LogP contribution in [0, 0.1) is 19.7 Å². The van der Waals surface area contributed by atoms with Gasteiger partial charge in [-0.05, 0) is 92.2 Å². The van der Waals surface area contributed by atoms with Gasteiger partial charge < -0.3 is 15.6 Å². The Balaban J connectivity index is 1.60. The zero-order valence-electron chi connectivity index (χ0n) is 17.8. The maximum absolute atomic E-state index is 13.5. The molecular weight excluding hydrogens is 389 g/mol. The van der Waals surface area contributed by atoms with E-state index in [0.29, 0.717) is 11.5 Å². The van der Waals surface area contributed by atoms with Gasteiger partial charge in [0.25, 0.3) is 5.91 Å². The number of halogens is 1. The van der Waals surface area contributed by atoms with Crippen LogP contribution in [-0.2, 0) is 4.79 Å². The first-order valence-corrected chi connectivity index (χ1v) is 10.8. The van der Waals surface area contributed by atoms with Crippen molar-refractivity contribution in [3.05, 3.63) is 76.4 Å². The van der Waals surface area contributed by atoms with Crippen LogP contribution in [0.3, 0.4) is 0 Å². The van der Waals surface area contributed by atoms with Crippen molar-refractivity contribution in [1.82, 2.24) is 10.3 Å². The summed E-state index contributed by atoms with van der Waals surface area (Å²) in [6.07, 6.45) is 4.24. The smallest absolute Gasteiger partial charge is 0.256 e. The zero-order valence-corrected chi connectivity index (χ0v) is 17.8. The second-order valence-electron chi connectivity index (χ2n) is 8.47. The molecule has 0 spiro atoms. The average molecular weight is 416 g/mol. The van der Waals surface area contributed by atoms with Gasteiger partial charge in [-0.25, -0.2) is 4.39 Å². The van der Waals surface area contributed by atoms with Gasteiger partial charge in [0.05, 0.1) is 5.57 Å². The Morgan fingerprint density at radius 2 is 1.77 bits per heavy atom. The van der Waals surface area contributed by atoms with Crippen LogP contribution in [0.25, 0.3) is 22.8 Å². The third-order valence-corrected chi connectivity index (χ3v) is 6.55. The maximum atomic E-state index is 13.5. The summed E-state index contributed by atoms with van der Waals surface area (Å²) in [6.45, 7) is 6.36. The average Bonchev–Trinajstić information content (AvgIpc) is 3.24. The van der Waals surface area contributed by atoms with E-state index in [1.165, 1.54) is 29.0 Å². The molecule has 158 valence electrons. The fraction of sp³-hybridized carbons (Fsp3) is 0.269. The van der Waals surface area contributed by atoms with E-state index < -0.39 is 0 Å². The zero-order chi connectivity index (χ0) is 21.5. The summed E-state index contributed by atoms with van der Waals surface area (Å²) in [6, 6.07) is 12.2. The van der Waals surface area contributed by atoms with E-state index in [-0.39, 0.29) is 11.7 Å². The summed E-state index contributed by atoms with van der Waals surface area (Å²) in [5.41, 5.74) is 8.87. The molecule has 1 aromatic heterocycles. The molecule has 0 atom stereocenters. The van der Waals surface area contributed by atoms with Gasteiger partial charge in [-0.15, -0.1) is 0 Å². The van der Waals surface area contributed by atoms with Crippen LogP contribution in [0.1, 0.15) is 46.8 Å². The van der Waals surface area contributed by atoms with Crippen molar-refractivity contribution in [2.45, 2.75) is 32.6 Å². The molecule has 3 heterocycles. The summed E-state index contributed by atoms with van der Waals surface area (Å²) < 4.78 is 13.5. The van der Waals surface area contributed by atoms with Crippen molar-refractivity contribution >= 4 is 23.2 Å². The van der Waals surface area contributed by atoms with Crippen molar-refractivity contribution in [2.75, 3.05) is 18.4 Å². The lowest BCUT2D eigenvalue weighted by Crippen LogP contribution is -2.27. The number of aryl methyl sites for hydroxylation is 1. The van der Waals surface area contributed by atoms with Crippen LogP contribution in [0.2, 0.25) is 0 Å².